The van der Waals surface area contributed by atoms with Crippen molar-refractivity contribution in [3.05, 3.63) is 88.9 Å². The summed E-state index contributed by atoms with van der Waals surface area (Å²) in [4.78, 5) is 23.3. The van der Waals surface area contributed by atoms with Crippen LogP contribution in [0.1, 0.15) is 39.0 Å². The lowest BCUT2D eigenvalue weighted by atomic mass is 10.0. The molecule has 1 aliphatic heterocycles. The molecule has 1 aromatic carbocycles. The number of nitrogens with two attached hydrogens (primary N) is 1. The fraction of sp³-hybridized carbons (Fsp3) is 0.261. The van der Waals surface area contributed by atoms with Crippen LogP contribution in [0.25, 0.3) is 0 Å². The number of anilines is 1. The number of carbonyl (C=O) groups excluding carboxylic acids is 1. The molecule has 3 aromatic rings. The van der Waals surface area contributed by atoms with Gasteiger partial charge in [0, 0.05) is 18.4 Å². The lowest BCUT2D eigenvalue weighted by Gasteiger charge is -2.33. The number of pyridine rings is 2. The number of carbonyl (C=O) groups is 1. The molecule has 3 heterocycles. The number of ether oxygens (including phenoxy) is 1. The fourth-order valence-corrected chi connectivity index (χ4v) is 3.59. The van der Waals surface area contributed by atoms with E-state index in [0.717, 1.165) is 17.8 Å². The van der Waals surface area contributed by atoms with Gasteiger partial charge in [-0.25, -0.2) is 4.98 Å². The molecule has 1 amide bonds. The quantitative estimate of drug-likeness (QED) is 0.742. The van der Waals surface area contributed by atoms with Crippen molar-refractivity contribution >= 4 is 11.7 Å². The van der Waals surface area contributed by atoms with E-state index in [1.54, 1.807) is 17.0 Å². The molecule has 0 aliphatic carbocycles. The summed E-state index contributed by atoms with van der Waals surface area (Å²) in [6, 6.07) is 17.9. The van der Waals surface area contributed by atoms with Crippen molar-refractivity contribution in [2.24, 2.45) is 0 Å². The second-order valence-corrected chi connectivity index (χ2v) is 7.29. The average Bonchev–Trinajstić information content (AvgIpc) is 2.74. The number of amides is 1. The molecule has 1 unspecified atom stereocenters. The van der Waals surface area contributed by atoms with Gasteiger partial charge in [-0.1, -0.05) is 30.3 Å². The Morgan fingerprint density at radius 2 is 2.00 bits per heavy atom. The number of morpholine rings is 1. The highest BCUT2D eigenvalue weighted by atomic mass is 16.5. The molecular formula is C23H24N4O2. The normalized spacial score (nSPS) is 16.6. The smallest absolute Gasteiger partial charge is 0.255 e. The van der Waals surface area contributed by atoms with Gasteiger partial charge < -0.3 is 15.4 Å². The molecule has 6 heteroatoms. The van der Waals surface area contributed by atoms with Crippen LogP contribution in [0, 0.1) is 6.92 Å². The second kappa shape index (κ2) is 8.41. The van der Waals surface area contributed by atoms with E-state index in [1.165, 1.54) is 17.3 Å². The average molecular weight is 388 g/mol. The molecule has 0 spiro atoms. The highest BCUT2D eigenvalue weighted by molar-refractivity contribution is 5.94. The summed E-state index contributed by atoms with van der Waals surface area (Å²) in [6.45, 7) is 3.47. The third-order valence-corrected chi connectivity index (χ3v) is 5.00. The van der Waals surface area contributed by atoms with Crippen molar-refractivity contribution in [2.75, 3.05) is 25.4 Å². The SMILES string of the molecule is Cc1cc(Cc2ccccc2)cc(C2CN(C(=O)c3ccc(N)nc3)CCO2)n1. The first kappa shape index (κ1) is 19.1. The predicted octanol–water partition coefficient (Wildman–Crippen LogP) is 3.17. The third-order valence-electron chi connectivity index (χ3n) is 5.00. The van der Waals surface area contributed by atoms with Gasteiger partial charge in [0.05, 0.1) is 24.4 Å². The van der Waals surface area contributed by atoms with Crippen LogP contribution in [0.2, 0.25) is 0 Å². The van der Waals surface area contributed by atoms with Gasteiger partial charge in [-0.3, -0.25) is 9.78 Å². The molecule has 29 heavy (non-hydrogen) atoms. The summed E-state index contributed by atoms with van der Waals surface area (Å²) in [7, 11) is 0. The number of aromatic nitrogens is 2. The first-order chi connectivity index (χ1) is 14.1. The molecule has 6 nitrogen and oxygen atoms in total. The molecule has 0 saturated carbocycles. The summed E-state index contributed by atoms with van der Waals surface area (Å²) in [5.74, 6) is 0.333. The monoisotopic (exact) mass is 388 g/mol. The topological polar surface area (TPSA) is 81.3 Å². The molecule has 0 radical (unpaired) electrons. The lowest BCUT2D eigenvalue weighted by Crippen LogP contribution is -2.42. The van der Waals surface area contributed by atoms with Crippen molar-refractivity contribution in [3.8, 4) is 0 Å². The van der Waals surface area contributed by atoms with Gasteiger partial charge in [0.2, 0.25) is 0 Å². The van der Waals surface area contributed by atoms with Gasteiger partial charge in [0.15, 0.2) is 0 Å². The van der Waals surface area contributed by atoms with Gasteiger partial charge in [0.25, 0.3) is 5.91 Å². The van der Waals surface area contributed by atoms with Gasteiger partial charge in [0.1, 0.15) is 11.9 Å². The first-order valence-electron chi connectivity index (χ1n) is 9.72. The van der Waals surface area contributed by atoms with Crippen molar-refractivity contribution in [3.63, 3.8) is 0 Å². The van der Waals surface area contributed by atoms with Crippen LogP contribution in [-0.2, 0) is 11.2 Å². The number of nitrogen functional groups attached to an aromatic ring is 1. The Morgan fingerprint density at radius 3 is 2.76 bits per heavy atom. The van der Waals surface area contributed by atoms with Crippen LogP contribution < -0.4 is 5.73 Å². The number of hydrogen-bond donors (Lipinski definition) is 1. The Kier molecular flexibility index (Phi) is 5.53. The molecule has 1 atom stereocenters. The van der Waals surface area contributed by atoms with E-state index in [2.05, 4.69) is 34.2 Å². The minimum absolute atomic E-state index is 0.0667. The molecule has 2 N–H and O–H groups in total. The van der Waals surface area contributed by atoms with Crippen LogP contribution in [0.4, 0.5) is 5.82 Å². The van der Waals surface area contributed by atoms with E-state index in [4.69, 9.17) is 10.5 Å². The molecule has 2 aromatic heterocycles. The molecule has 4 rings (SSSR count). The lowest BCUT2D eigenvalue weighted by molar-refractivity contribution is -0.0248. The number of nitrogens with zero attached hydrogens (tertiary/aromatic N) is 3. The predicted molar refractivity (Wildman–Crippen MR) is 111 cm³/mol. The first-order valence-corrected chi connectivity index (χ1v) is 9.72. The Morgan fingerprint density at radius 1 is 1.17 bits per heavy atom. The third kappa shape index (κ3) is 4.60. The van der Waals surface area contributed by atoms with Gasteiger partial charge in [-0.15, -0.1) is 0 Å². The van der Waals surface area contributed by atoms with Crippen molar-refractivity contribution in [1.82, 2.24) is 14.9 Å². The summed E-state index contributed by atoms with van der Waals surface area (Å²) in [5.41, 5.74) is 10.4. The van der Waals surface area contributed by atoms with Crippen molar-refractivity contribution in [1.29, 1.82) is 0 Å². The maximum Gasteiger partial charge on any atom is 0.255 e. The van der Waals surface area contributed by atoms with Crippen LogP contribution in [0.5, 0.6) is 0 Å². The van der Waals surface area contributed by atoms with Crippen LogP contribution >= 0.6 is 0 Å². The largest absolute Gasteiger partial charge is 0.384 e. The minimum Gasteiger partial charge on any atom is -0.384 e. The zero-order valence-electron chi connectivity index (χ0n) is 16.4. The van der Waals surface area contributed by atoms with E-state index in [9.17, 15) is 4.79 Å². The second-order valence-electron chi connectivity index (χ2n) is 7.29. The highest BCUT2D eigenvalue weighted by Gasteiger charge is 2.27. The van der Waals surface area contributed by atoms with E-state index in [1.807, 2.05) is 25.1 Å². The number of benzene rings is 1. The summed E-state index contributed by atoms with van der Waals surface area (Å²) < 4.78 is 5.97. The molecule has 1 fully saturated rings. The Hall–Kier alpha value is -3.25. The summed E-state index contributed by atoms with van der Waals surface area (Å²) >= 11 is 0. The maximum absolute atomic E-state index is 12.8. The molecule has 1 saturated heterocycles. The van der Waals surface area contributed by atoms with E-state index in [-0.39, 0.29) is 12.0 Å². The van der Waals surface area contributed by atoms with E-state index >= 15 is 0 Å². The maximum atomic E-state index is 12.8. The fourth-order valence-electron chi connectivity index (χ4n) is 3.59. The standard InChI is InChI=1S/C23H24N4O2/c1-16-11-18(12-17-5-3-2-4-6-17)13-20(26-16)21-15-27(9-10-29-21)23(28)19-7-8-22(24)25-14-19/h2-8,11,13-14,21H,9-10,12,15H2,1H3,(H2,24,25). The number of aryl methyl sites for hydroxylation is 1. The van der Waals surface area contributed by atoms with Crippen LogP contribution in [0.3, 0.4) is 0 Å². The van der Waals surface area contributed by atoms with Gasteiger partial charge >= 0.3 is 0 Å². The molecule has 1 aliphatic rings. The van der Waals surface area contributed by atoms with Gasteiger partial charge in [-0.2, -0.15) is 0 Å². The summed E-state index contributed by atoms with van der Waals surface area (Å²) in [6.07, 6.45) is 2.11. The van der Waals surface area contributed by atoms with Gasteiger partial charge in [-0.05, 0) is 48.7 Å². The Labute approximate surface area is 170 Å². The van der Waals surface area contributed by atoms with E-state index < -0.39 is 0 Å². The molecule has 0 bridgehead atoms. The highest BCUT2D eigenvalue weighted by Crippen LogP contribution is 2.24. The van der Waals surface area contributed by atoms with Crippen molar-refractivity contribution in [2.45, 2.75) is 19.4 Å². The number of hydrogen-bond acceptors (Lipinski definition) is 5. The minimum atomic E-state index is -0.246. The zero-order chi connectivity index (χ0) is 20.2. The summed E-state index contributed by atoms with van der Waals surface area (Å²) in [5, 5.41) is 0. The zero-order valence-corrected chi connectivity index (χ0v) is 16.4. The van der Waals surface area contributed by atoms with Crippen LogP contribution in [0.15, 0.2) is 60.8 Å². The molecular weight excluding hydrogens is 364 g/mol. The van der Waals surface area contributed by atoms with E-state index in [0.29, 0.717) is 31.1 Å². The van der Waals surface area contributed by atoms with Crippen molar-refractivity contribution < 1.29 is 9.53 Å². The Bertz CT molecular complexity index is 990. The van der Waals surface area contributed by atoms with Crippen LogP contribution in [-0.4, -0.2) is 40.5 Å². The molecule has 148 valence electrons. The number of rotatable bonds is 4. The Balaban J connectivity index is 1.52.